The fourth-order valence-electron chi connectivity index (χ4n) is 11.7. The van der Waals surface area contributed by atoms with E-state index in [-0.39, 0.29) is 16.6 Å². The van der Waals surface area contributed by atoms with Crippen molar-refractivity contribution in [3.05, 3.63) is 23.2 Å². The molecule has 2 nitrogen and oxygen atoms in total. The SMILES string of the molecule is [C-]#[N+]C1=C[C@]2(C)C3C(C)C(C)C4C5CC(C)(C)CCC5CC[C@@]4(C)[C@]3(C)CC[C@H]2C(C)(C)C1=O. The minimum absolute atomic E-state index is 0.0825. The first-order chi connectivity index (χ1) is 15.6. The summed E-state index contributed by atoms with van der Waals surface area (Å²) >= 11 is 0. The second-order valence-corrected chi connectivity index (χ2v) is 15.6. The van der Waals surface area contributed by atoms with Crippen molar-refractivity contribution in [3.63, 3.8) is 0 Å². The smallest absolute Gasteiger partial charge is 0.226 e. The standard InChI is InChI=1S/C32H49NO/c1-19-20(2)26-30(7)18-23(33-10)27(34)29(5,6)24(30)13-16-32(26,9)31(8)15-12-21-11-14-28(3,4)17-22(21)25(19)31/h18-22,24-26H,11-17H2,1-9H3/t19?,20?,21?,22?,24-,25?,26?,30-,31+,32+/m0/s1. The molecule has 0 aliphatic heterocycles. The summed E-state index contributed by atoms with van der Waals surface area (Å²) in [6.07, 6.45) is 11.5. The number of carbonyl (C=O) groups is 1. The van der Waals surface area contributed by atoms with Crippen molar-refractivity contribution in [3.8, 4) is 0 Å². The monoisotopic (exact) mass is 463 g/mol. The lowest BCUT2D eigenvalue weighted by atomic mass is 9.30. The Bertz CT molecular complexity index is 966. The molecule has 0 bridgehead atoms. The predicted octanol–water partition coefficient (Wildman–Crippen LogP) is 8.58. The third kappa shape index (κ3) is 2.88. The van der Waals surface area contributed by atoms with Gasteiger partial charge in [0.1, 0.15) is 0 Å². The molecule has 188 valence electrons. The summed E-state index contributed by atoms with van der Waals surface area (Å²) in [4.78, 5) is 17.1. The second-order valence-electron chi connectivity index (χ2n) is 15.6. The Kier molecular flexibility index (Phi) is 5.23. The van der Waals surface area contributed by atoms with Crippen molar-refractivity contribution in [1.82, 2.24) is 0 Å². The zero-order valence-electron chi connectivity index (χ0n) is 23.4. The van der Waals surface area contributed by atoms with Gasteiger partial charge in [-0.3, -0.25) is 0 Å². The van der Waals surface area contributed by atoms with Crippen LogP contribution in [0.1, 0.15) is 107 Å². The highest BCUT2D eigenvalue weighted by molar-refractivity contribution is 6.02. The van der Waals surface area contributed by atoms with E-state index in [2.05, 4.69) is 73.2 Å². The molecule has 5 aliphatic carbocycles. The maximum absolute atomic E-state index is 13.3. The summed E-state index contributed by atoms with van der Waals surface area (Å²) in [5.74, 6) is 4.81. The molecule has 0 aromatic heterocycles. The molecule has 0 heterocycles. The molecule has 0 spiro atoms. The number of nitrogens with zero attached hydrogens (tertiary/aromatic N) is 1. The van der Waals surface area contributed by atoms with E-state index in [1.165, 1.54) is 38.5 Å². The Morgan fingerprint density at radius 2 is 1.50 bits per heavy atom. The van der Waals surface area contributed by atoms with Gasteiger partial charge in [-0.15, -0.1) is 0 Å². The van der Waals surface area contributed by atoms with Gasteiger partial charge < -0.3 is 4.79 Å². The van der Waals surface area contributed by atoms with Crippen LogP contribution in [0, 0.1) is 75.1 Å². The Labute approximate surface area is 209 Å². The molecule has 34 heavy (non-hydrogen) atoms. The lowest BCUT2D eigenvalue weighted by Crippen LogP contribution is -2.69. The number of hydrogen-bond acceptors (Lipinski definition) is 1. The molecule has 0 aromatic rings. The van der Waals surface area contributed by atoms with Crippen LogP contribution in [0.2, 0.25) is 0 Å². The van der Waals surface area contributed by atoms with Crippen LogP contribution < -0.4 is 0 Å². The topological polar surface area (TPSA) is 21.4 Å². The van der Waals surface area contributed by atoms with Crippen LogP contribution in [0.3, 0.4) is 0 Å². The third-order valence-corrected chi connectivity index (χ3v) is 13.4. The summed E-state index contributed by atoms with van der Waals surface area (Å²) in [5.41, 5.74) is 0.944. The zero-order valence-corrected chi connectivity index (χ0v) is 23.4. The molecule has 4 saturated carbocycles. The van der Waals surface area contributed by atoms with E-state index in [1.54, 1.807) is 0 Å². The first-order valence-corrected chi connectivity index (χ1v) is 14.3. The maximum atomic E-state index is 13.3. The molecule has 0 aromatic carbocycles. The van der Waals surface area contributed by atoms with E-state index < -0.39 is 5.41 Å². The fraction of sp³-hybridized carbons (Fsp3) is 0.875. The van der Waals surface area contributed by atoms with Crippen molar-refractivity contribution in [2.45, 2.75) is 107 Å². The normalized spacial score (nSPS) is 53.4. The van der Waals surface area contributed by atoms with Gasteiger partial charge in [0.05, 0.1) is 6.57 Å². The van der Waals surface area contributed by atoms with Crippen LogP contribution in [0.4, 0.5) is 0 Å². The van der Waals surface area contributed by atoms with Crippen molar-refractivity contribution < 1.29 is 4.79 Å². The number of carbonyl (C=O) groups excluding carboxylic acids is 1. The van der Waals surface area contributed by atoms with Crippen LogP contribution in [0.15, 0.2) is 11.8 Å². The zero-order chi connectivity index (χ0) is 25.1. The molecule has 0 saturated heterocycles. The Morgan fingerprint density at radius 3 is 2.15 bits per heavy atom. The van der Waals surface area contributed by atoms with Gasteiger partial charge in [-0.2, -0.15) is 0 Å². The molecule has 4 fully saturated rings. The third-order valence-electron chi connectivity index (χ3n) is 13.4. The number of allylic oxidation sites excluding steroid dienone is 2. The summed E-state index contributed by atoms with van der Waals surface area (Å²) in [6.45, 7) is 30.0. The summed E-state index contributed by atoms with van der Waals surface area (Å²) in [6, 6.07) is 0. The molecule has 0 radical (unpaired) electrons. The molecule has 2 heteroatoms. The van der Waals surface area contributed by atoms with E-state index in [0.29, 0.717) is 40.2 Å². The molecular formula is C32H49NO. The minimum Gasteiger partial charge on any atom is -0.307 e. The van der Waals surface area contributed by atoms with E-state index in [4.69, 9.17) is 6.57 Å². The quantitative estimate of drug-likeness (QED) is 0.330. The molecule has 0 amide bonds. The highest BCUT2D eigenvalue weighted by Gasteiger charge is 2.71. The lowest BCUT2D eigenvalue weighted by Gasteiger charge is -2.74. The van der Waals surface area contributed by atoms with E-state index in [1.807, 2.05) is 0 Å². The summed E-state index contributed by atoms with van der Waals surface area (Å²) < 4.78 is 0. The van der Waals surface area contributed by atoms with Gasteiger partial charge in [-0.1, -0.05) is 68.4 Å². The number of rotatable bonds is 0. The first-order valence-electron chi connectivity index (χ1n) is 14.3. The van der Waals surface area contributed by atoms with Crippen LogP contribution in [-0.4, -0.2) is 5.78 Å². The summed E-state index contributed by atoms with van der Waals surface area (Å²) in [7, 11) is 0. The first kappa shape index (κ1) is 24.6. The van der Waals surface area contributed by atoms with Gasteiger partial charge in [-0.25, -0.2) is 4.85 Å². The molecule has 6 unspecified atom stereocenters. The van der Waals surface area contributed by atoms with E-state index in [9.17, 15) is 4.79 Å². The molecule has 10 atom stereocenters. The Morgan fingerprint density at radius 1 is 0.882 bits per heavy atom. The van der Waals surface area contributed by atoms with Crippen LogP contribution in [0.5, 0.6) is 0 Å². The Balaban J connectivity index is 1.65. The number of fused-ring (bicyclic) bond motifs is 7. The second kappa shape index (κ2) is 7.23. The van der Waals surface area contributed by atoms with E-state index >= 15 is 0 Å². The number of ketones is 1. The maximum Gasteiger partial charge on any atom is 0.226 e. The van der Waals surface area contributed by atoms with Crippen molar-refractivity contribution in [2.75, 3.05) is 0 Å². The van der Waals surface area contributed by atoms with Crippen LogP contribution in [-0.2, 0) is 4.79 Å². The van der Waals surface area contributed by atoms with E-state index in [0.717, 1.165) is 24.2 Å². The van der Waals surface area contributed by atoms with Gasteiger partial charge in [0.15, 0.2) is 5.78 Å². The number of hydrogen-bond donors (Lipinski definition) is 0. The fourth-order valence-corrected chi connectivity index (χ4v) is 11.7. The summed E-state index contributed by atoms with van der Waals surface area (Å²) in [5, 5.41) is 0. The molecular weight excluding hydrogens is 414 g/mol. The average Bonchev–Trinajstić information content (AvgIpc) is 2.74. The van der Waals surface area contributed by atoms with Crippen molar-refractivity contribution in [1.29, 1.82) is 0 Å². The molecule has 5 rings (SSSR count). The average molecular weight is 464 g/mol. The lowest BCUT2D eigenvalue weighted by molar-refractivity contribution is -0.251. The van der Waals surface area contributed by atoms with Crippen molar-refractivity contribution in [2.24, 2.45) is 68.5 Å². The molecule has 5 aliphatic rings. The minimum atomic E-state index is -0.448. The Hall–Kier alpha value is -1.10. The van der Waals surface area contributed by atoms with Crippen LogP contribution >= 0.6 is 0 Å². The van der Waals surface area contributed by atoms with Gasteiger partial charge >= 0.3 is 0 Å². The predicted molar refractivity (Wildman–Crippen MR) is 140 cm³/mol. The van der Waals surface area contributed by atoms with Crippen LogP contribution in [0.25, 0.3) is 4.85 Å². The van der Waals surface area contributed by atoms with Crippen molar-refractivity contribution >= 4 is 5.78 Å². The van der Waals surface area contributed by atoms with Gasteiger partial charge in [0, 0.05) is 5.41 Å². The largest absolute Gasteiger partial charge is 0.307 e. The molecule has 0 N–H and O–H groups in total. The highest BCUT2D eigenvalue weighted by atomic mass is 16.1. The number of Topliss-reactive ketones (excluding diaryl/α,β-unsaturated/α-hetero) is 1. The van der Waals surface area contributed by atoms with Gasteiger partial charge in [0.25, 0.3) is 0 Å². The highest BCUT2D eigenvalue weighted by Crippen LogP contribution is 2.77. The van der Waals surface area contributed by atoms with Gasteiger partial charge in [-0.05, 0) is 108 Å². The van der Waals surface area contributed by atoms with Gasteiger partial charge in [0.2, 0.25) is 5.70 Å².